The number of anilines is 1. The summed E-state index contributed by atoms with van der Waals surface area (Å²) < 4.78 is 16.3. The van der Waals surface area contributed by atoms with E-state index in [1.54, 1.807) is 14.2 Å². The van der Waals surface area contributed by atoms with Gasteiger partial charge in [0.15, 0.2) is 16.6 Å². The molecule has 6 nitrogen and oxygen atoms in total. The lowest BCUT2D eigenvalue weighted by Gasteiger charge is -2.11. The van der Waals surface area contributed by atoms with Crippen LogP contribution in [0.3, 0.4) is 0 Å². The lowest BCUT2D eigenvalue weighted by atomic mass is 10.1. The fraction of sp³-hybridized carbons (Fsp3) is 0.333. The molecule has 0 unspecified atom stereocenters. The maximum atomic E-state index is 12.5. The fourth-order valence-electron chi connectivity index (χ4n) is 3.33. The normalized spacial score (nSPS) is 10.6. The summed E-state index contributed by atoms with van der Waals surface area (Å²) in [5.41, 5.74) is 3.94. The van der Waals surface area contributed by atoms with E-state index in [1.807, 2.05) is 57.2 Å². The summed E-state index contributed by atoms with van der Waals surface area (Å²) in [6.45, 7) is 6.51. The first kappa shape index (κ1) is 22.6. The summed E-state index contributed by atoms with van der Waals surface area (Å²) in [5.74, 6) is 2.16. The molecule has 3 aromatic rings. The average molecular weight is 441 g/mol. The van der Waals surface area contributed by atoms with E-state index in [0.29, 0.717) is 36.1 Å². The summed E-state index contributed by atoms with van der Waals surface area (Å²) in [7, 11) is 3.27. The minimum atomic E-state index is -0.0703. The van der Waals surface area contributed by atoms with E-state index in [4.69, 9.17) is 14.2 Å². The van der Waals surface area contributed by atoms with Gasteiger partial charge in [0.1, 0.15) is 5.75 Å². The third-order valence-corrected chi connectivity index (χ3v) is 5.77. The van der Waals surface area contributed by atoms with Gasteiger partial charge in [-0.25, -0.2) is 4.98 Å². The molecule has 0 aliphatic carbocycles. The zero-order valence-corrected chi connectivity index (χ0v) is 19.4. The molecule has 0 aliphatic rings. The van der Waals surface area contributed by atoms with Gasteiger partial charge in [-0.05, 0) is 68.7 Å². The van der Waals surface area contributed by atoms with Crippen LogP contribution in [0.15, 0.2) is 36.4 Å². The second-order valence-electron chi connectivity index (χ2n) is 7.07. The number of amides is 1. The predicted octanol–water partition coefficient (Wildman–Crippen LogP) is 5.41. The Morgan fingerprint density at radius 2 is 1.77 bits per heavy atom. The highest BCUT2D eigenvalue weighted by atomic mass is 32.1. The first-order valence-corrected chi connectivity index (χ1v) is 11.0. The molecule has 3 rings (SSSR count). The van der Waals surface area contributed by atoms with Gasteiger partial charge in [0.25, 0.3) is 0 Å². The SMILES string of the molecule is CCOc1ccc(CCC(=O)Nc2nc(-c3ccc(OC)c(C)c3)c(C)s2)cc1OC. The number of benzene rings is 2. The zero-order valence-electron chi connectivity index (χ0n) is 18.6. The van der Waals surface area contributed by atoms with Crippen LogP contribution in [0.25, 0.3) is 11.3 Å². The predicted molar refractivity (Wildman–Crippen MR) is 125 cm³/mol. The second-order valence-corrected chi connectivity index (χ2v) is 8.28. The van der Waals surface area contributed by atoms with E-state index in [0.717, 1.165) is 33.0 Å². The van der Waals surface area contributed by atoms with Crippen molar-refractivity contribution < 1.29 is 19.0 Å². The van der Waals surface area contributed by atoms with Crippen molar-refractivity contribution in [2.45, 2.75) is 33.6 Å². The lowest BCUT2D eigenvalue weighted by molar-refractivity contribution is -0.116. The molecule has 1 amide bonds. The maximum absolute atomic E-state index is 12.5. The molecule has 1 heterocycles. The Bertz CT molecular complexity index is 1060. The van der Waals surface area contributed by atoms with Crippen molar-refractivity contribution >= 4 is 22.4 Å². The summed E-state index contributed by atoms with van der Waals surface area (Å²) in [4.78, 5) is 18.2. The first-order chi connectivity index (χ1) is 14.9. The Balaban J connectivity index is 1.64. The number of nitrogens with zero attached hydrogens (tertiary/aromatic N) is 1. The largest absolute Gasteiger partial charge is 0.496 e. The molecule has 0 radical (unpaired) electrons. The zero-order chi connectivity index (χ0) is 22.4. The van der Waals surface area contributed by atoms with Crippen molar-refractivity contribution in [3.63, 3.8) is 0 Å². The molecule has 1 N–H and O–H groups in total. The Labute approximate surface area is 187 Å². The van der Waals surface area contributed by atoms with Gasteiger partial charge >= 0.3 is 0 Å². The van der Waals surface area contributed by atoms with Crippen LogP contribution in [0.1, 0.15) is 29.3 Å². The summed E-state index contributed by atoms with van der Waals surface area (Å²) in [6.07, 6.45) is 0.955. The van der Waals surface area contributed by atoms with E-state index >= 15 is 0 Å². The summed E-state index contributed by atoms with van der Waals surface area (Å²) in [6, 6.07) is 11.7. The number of aryl methyl sites for hydroxylation is 3. The Hall–Kier alpha value is -3.06. The smallest absolute Gasteiger partial charge is 0.226 e. The standard InChI is InChI=1S/C24H28N2O4S/c1-6-30-20-10-7-17(14-21(20)29-5)8-12-22(27)25-24-26-23(16(3)31-24)18-9-11-19(28-4)15(2)13-18/h7,9-11,13-14H,6,8,12H2,1-5H3,(H,25,26,27). The number of thiazole rings is 1. The number of methoxy groups -OCH3 is 2. The van der Waals surface area contributed by atoms with E-state index in [-0.39, 0.29) is 5.91 Å². The van der Waals surface area contributed by atoms with Crippen LogP contribution in [0.5, 0.6) is 17.2 Å². The molecule has 7 heteroatoms. The van der Waals surface area contributed by atoms with E-state index in [9.17, 15) is 4.79 Å². The highest BCUT2D eigenvalue weighted by Gasteiger charge is 2.14. The van der Waals surface area contributed by atoms with Crippen molar-refractivity contribution in [1.29, 1.82) is 0 Å². The van der Waals surface area contributed by atoms with Crippen molar-refractivity contribution in [1.82, 2.24) is 4.98 Å². The number of carbonyl (C=O) groups is 1. The Morgan fingerprint density at radius 1 is 1.03 bits per heavy atom. The van der Waals surface area contributed by atoms with Gasteiger partial charge in [-0.15, -0.1) is 11.3 Å². The van der Waals surface area contributed by atoms with E-state index < -0.39 is 0 Å². The quantitative estimate of drug-likeness (QED) is 0.481. The van der Waals surface area contributed by atoms with Crippen LogP contribution < -0.4 is 19.5 Å². The van der Waals surface area contributed by atoms with Gasteiger partial charge in [0.2, 0.25) is 5.91 Å². The van der Waals surface area contributed by atoms with Gasteiger partial charge in [0, 0.05) is 16.9 Å². The Kier molecular flexibility index (Phi) is 7.52. The van der Waals surface area contributed by atoms with Gasteiger partial charge < -0.3 is 19.5 Å². The molecule has 2 aromatic carbocycles. The summed E-state index contributed by atoms with van der Waals surface area (Å²) >= 11 is 1.48. The molecule has 0 fully saturated rings. The number of aromatic nitrogens is 1. The van der Waals surface area contributed by atoms with E-state index in [1.165, 1.54) is 11.3 Å². The average Bonchev–Trinajstić information content (AvgIpc) is 3.12. The van der Waals surface area contributed by atoms with Crippen LogP contribution in [-0.4, -0.2) is 31.7 Å². The first-order valence-electron chi connectivity index (χ1n) is 10.2. The number of nitrogens with one attached hydrogen (secondary N) is 1. The van der Waals surface area contributed by atoms with Gasteiger partial charge in [0.05, 0.1) is 26.5 Å². The van der Waals surface area contributed by atoms with Gasteiger partial charge in [-0.2, -0.15) is 0 Å². The number of carbonyl (C=O) groups excluding carboxylic acids is 1. The molecular weight excluding hydrogens is 412 g/mol. The molecule has 0 saturated heterocycles. The van der Waals surface area contributed by atoms with Crippen LogP contribution in [-0.2, 0) is 11.2 Å². The maximum Gasteiger partial charge on any atom is 0.226 e. The van der Waals surface area contributed by atoms with Crippen molar-refractivity contribution in [2.24, 2.45) is 0 Å². The minimum absolute atomic E-state index is 0.0703. The third kappa shape index (κ3) is 5.55. The van der Waals surface area contributed by atoms with Crippen LogP contribution in [0, 0.1) is 13.8 Å². The Morgan fingerprint density at radius 3 is 2.45 bits per heavy atom. The topological polar surface area (TPSA) is 69.7 Å². The molecule has 0 aliphatic heterocycles. The molecular formula is C24H28N2O4S. The molecule has 164 valence electrons. The van der Waals surface area contributed by atoms with Gasteiger partial charge in [-0.1, -0.05) is 6.07 Å². The summed E-state index contributed by atoms with van der Waals surface area (Å²) in [5, 5.41) is 3.54. The number of hydrogen-bond donors (Lipinski definition) is 1. The number of hydrogen-bond acceptors (Lipinski definition) is 6. The third-order valence-electron chi connectivity index (χ3n) is 4.88. The molecule has 0 spiro atoms. The van der Waals surface area contributed by atoms with Crippen molar-refractivity contribution in [3.8, 4) is 28.5 Å². The van der Waals surface area contributed by atoms with Crippen LogP contribution in [0.4, 0.5) is 5.13 Å². The molecule has 0 bridgehead atoms. The molecule has 0 saturated carbocycles. The molecule has 31 heavy (non-hydrogen) atoms. The number of rotatable bonds is 9. The highest BCUT2D eigenvalue weighted by molar-refractivity contribution is 7.16. The molecule has 0 atom stereocenters. The lowest BCUT2D eigenvalue weighted by Crippen LogP contribution is -2.12. The monoisotopic (exact) mass is 440 g/mol. The fourth-order valence-corrected chi connectivity index (χ4v) is 4.18. The molecule has 1 aromatic heterocycles. The van der Waals surface area contributed by atoms with Crippen molar-refractivity contribution in [3.05, 3.63) is 52.4 Å². The van der Waals surface area contributed by atoms with Gasteiger partial charge in [-0.3, -0.25) is 4.79 Å². The second kappa shape index (κ2) is 10.3. The van der Waals surface area contributed by atoms with E-state index in [2.05, 4.69) is 10.3 Å². The van der Waals surface area contributed by atoms with Crippen LogP contribution >= 0.6 is 11.3 Å². The van der Waals surface area contributed by atoms with Crippen LogP contribution in [0.2, 0.25) is 0 Å². The van der Waals surface area contributed by atoms with Crippen molar-refractivity contribution in [2.75, 3.05) is 26.1 Å². The minimum Gasteiger partial charge on any atom is -0.496 e. The highest BCUT2D eigenvalue weighted by Crippen LogP contribution is 2.33. The number of ether oxygens (including phenoxy) is 3.